The highest BCUT2D eigenvalue weighted by Gasteiger charge is 2.30. The highest BCUT2D eigenvalue weighted by Crippen LogP contribution is 2.29. The van der Waals surface area contributed by atoms with Crippen molar-refractivity contribution in [2.75, 3.05) is 0 Å². The fourth-order valence-corrected chi connectivity index (χ4v) is 3.90. The van der Waals surface area contributed by atoms with Crippen LogP contribution in [0.4, 0.5) is 0 Å². The molecule has 0 saturated heterocycles. The van der Waals surface area contributed by atoms with E-state index in [1.807, 2.05) is 84.4 Å². The number of aryl methyl sites for hydroxylation is 1. The molecule has 1 N–H and O–H groups in total. The summed E-state index contributed by atoms with van der Waals surface area (Å²) in [5, 5.41) is 15.2. The maximum atomic E-state index is 12.8. The van der Waals surface area contributed by atoms with Crippen molar-refractivity contribution in [3.63, 3.8) is 0 Å². The predicted molar refractivity (Wildman–Crippen MR) is 113 cm³/mol. The summed E-state index contributed by atoms with van der Waals surface area (Å²) < 4.78 is 5.68. The Morgan fingerprint density at radius 3 is 2.24 bits per heavy atom. The Balaban J connectivity index is 1.48. The first-order chi connectivity index (χ1) is 14.1. The molecule has 146 valence electrons. The van der Waals surface area contributed by atoms with Gasteiger partial charge in [-0.05, 0) is 29.5 Å². The molecule has 0 aliphatic rings. The summed E-state index contributed by atoms with van der Waals surface area (Å²) in [5.41, 5.74) is 2.32. The molecule has 0 bridgehead atoms. The van der Waals surface area contributed by atoms with E-state index in [2.05, 4.69) is 15.5 Å². The first-order valence-corrected chi connectivity index (χ1v) is 10.4. The number of benzene rings is 2. The van der Waals surface area contributed by atoms with Crippen LogP contribution in [0.1, 0.15) is 30.4 Å². The van der Waals surface area contributed by atoms with Crippen LogP contribution in [0.15, 0.2) is 81.9 Å². The number of thiophene rings is 1. The second kappa shape index (κ2) is 8.41. The standard InChI is InChI=1S/C23H21N3O2S/c1-23(18-8-4-2-5-9-18,19-10-6-3-7-11-19)24-20(27)12-13-21-25-26-22(28-21)17-14-15-29-16-17/h2-11,14-16H,12-13H2,1H3,(H,24,27). The number of rotatable bonds is 7. The van der Waals surface area contributed by atoms with Crippen LogP contribution in [0.25, 0.3) is 11.5 Å². The molecule has 0 saturated carbocycles. The molecule has 1 amide bonds. The van der Waals surface area contributed by atoms with Crippen LogP contribution in [0.5, 0.6) is 0 Å². The minimum atomic E-state index is -0.629. The van der Waals surface area contributed by atoms with E-state index in [0.29, 0.717) is 18.2 Å². The van der Waals surface area contributed by atoms with Crippen LogP contribution < -0.4 is 5.32 Å². The Bertz CT molecular complexity index is 1020. The summed E-state index contributed by atoms with van der Waals surface area (Å²) in [5.74, 6) is 0.873. The van der Waals surface area contributed by atoms with Gasteiger partial charge in [-0.15, -0.1) is 10.2 Å². The minimum Gasteiger partial charge on any atom is -0.421 e. The van der Waals surface area contributed by atoms with Crippen molar-refractivity contribution in [2.45, 2.75) is 25.3 Å². The zero-order chi connectivity index (χ0) is 20.1. The molecule has 4 rings (SSSR count). The van der Waals surface area contributed by atoms with Crippen LogP contribution in [-0.4, -0.2) is 16.1 Å². The van der Waals surface area contributed by atoms with E-state index in [-0.39, 0.29) is 12.3 Å². The van der Waals surface area contributed by atoms with E-state index in [4.69, 9.17) is 4.42 Å². The fourth-order valence-electron chi connectivity index (χ4n) is 3.27. The van der Waals surface area contributed by atoms with Crippen LogP contribution in [0.3, 0.4) is 0 Å². The normalized spacial score (nSPS) is 11.3. The molecule has 4 aromatic rings. The summed E-state index contributed by atoms with van der Waals surface area (Å²) in [6, 6.07) is 21.9. The maximum Gasteiger partial charge on any atom is 0.248 e. The quantitative estimate of drug-likeness (QED) is 0.481. The lowest BCUT2D eigenvalue weighted by molar-refractivity contribution is -0.122. The van der Waals surface area contributed by atoms with E-state index in [1.54, 1.807) is 11.3 Å². The van der Waals surface area contributed by atoms with Crippen LogP contribution in [0, 0.1) is 0 Å². The van der Waals surface area contributed by atoms with Crippen molar-refractivity contribution in [2.24, 2.45) is 0 Å². The molecule has 0 spiro atoms. The smallest absolute Gasteiger partial charge is 0.248 e. The molecule has 2 aromatic heterocycles. The topological polar surface area (TPSA) is 68.0 Å². The van der Waals surface area contributed by atoms with Gasteiger partial charge in [0.05, 0.1) is 5.54 Å². The first kappa shape index (κ1) is 19.1. The molecule has 5 nitrogen and oxygen atoms in total. The van der Waals surface area contributed by atoms with Gasteiger partial charge in [0, 0.05) is 23.8 Å². The molecule has 0 unspecified atom stereocenters. The van der Waals surface area contributed by atoms with Gasteiger partial charge >= 0.3 is 0 Å². The largest absolute Gasteiger partial charge is 0.421 e. The van der Waals surface area contributed by atoms with Crippen molar-refractivity contribution < 1.29 is 9.21 Å². The van der Waals surface area contributed by atoms with Crippen LogP contribution in [0.2, 0.25) is 0 Å². The lowest BCUT2D eigenvalue weighted by Gasteiger charge is -2.32. The SMILES string of the molecule is CC(NC(=O)CCc1nnc(-c2ccsc2)o1)(c1ccccc1)c1ccccc1. The Morgan fingerprint density at radius 1 is 1.00 bits per heavy atom. The van der Waals surface area contributed by atoms with E-state index >= 15 is 0 Å². The second-order valence-corrected chi connectivity index (χ2v) is 7.70. The van der Waals surface area contributed by atoms with Gasteiger partial charge in [-0.25, -0.2) is 0 Å². The number of hydrogen-bond acceptors (Lipinski definition) is 5. The number of nitrogens with one attached hydrogen (secondary N) is 1. The van der Waals surface area contributed by atoms with E-state index < -0.39 is 5.54 Å². The number of amides is 1. The van der Waals surface area contributed by atoms with Gasteiger partial charge in [-0.1, -0.05) is 60.7 Å². The zero-order valence-corrected chi connectivity index (χ0v) is 16.9. The number of hydrogen-bond donors (Lipinski definition) is 1. The third kappa shape index (κ3) is 4.27. The second-order valence-electron chi connectivity index (χ2n) is 6.92. The minimum absolute atomic E-state index is 0.0736. The van der Waals surface area contributed by atoms with Gasteiger partial charge in [0.15, 0.2) is 0 Å². The number of carbonyl (C=O) groups excluding carboxylic acids is 1. The van der Waals surface area contributed by atoms with Crippen LogP contribution >= 0.6 is 11.3 Å². The van der Waals surface area contributed by atoms with Crippen LogP contribution in [-0.2, 0) is 16.8 Å². The Morgan fingerprint density at radius 2 is 1.66 bits per heavy atom. The molecule has 0 atom stereocenters. The van der Waals surface area contributed by atoms with Crippen molar-refractivity contribution in [3.05, 3.63) is 94.5 Å². The third-order valence-corrected chi connectivity index (χ3v) is 5.58. The molecule has 0 radical (unpaired) electrons. The predicted octanol–water partition coefficient (Wildman–Crippen LogP) is 4.81. The fraction of sp³-hybridized carbons (Fsp3) is 0.174. The highest BCUT2D eigenvalue weighted by atomic mass is 32.1. The molecule has 29 heavy (non-hydrogen) atoms. The molecular formula is C23H21N3O2S. The zero-order valence-electron chi connectivity index (χ0n) is 16.0. The lowest BCUT2D eigenvalue weighted by Crippen LogP contribution is -2.44. The highest BCUT2D eigenvalue weighted by molar-refractivity contribution is 7.08. The summed E-state index contributed by atoms with van der Waals surface area (Å²) in [6.07, 6.45) is 0.656. The first-order valence-electron chi connectivity index (χ1n) is 9.42. The van der Waals surface area contributed by atoms with Crippen molar-refractivity contribution in [3.8, 4) is 11.5 Å². The molecule has 6 heteroatoms. The van der Waals surface area contributed by atoms with Gasteiger partial charge in [0.1, 0.15) is 0 Å². The third-order valence-electron chi connectivity index (χ3n) is 4.89. The summed E-state index contributed by atoms with van der Waals surface area (Å²) in [4.78, 5) is 12.8. The Kier molecular flexibility index (Phi) is 5.53. The Labute approximate surface area is 173 Å². The summed E-state index contributed by atoms with van der Waals surface area (Å²) >= 11 is 1.57. The molecule has 0 aliphatic heterocycles. The van der Waals surface area contributed by atoms with Crippen molar-refractivity contribution >= 4 is 17.2 Å². The van der Waals surface area contributed by atoms with Gasteiger partial charge < -0.3 is 9.73 Å². The van der Waals surface area contributed by atoms with E-state index in [0.717, 1.165) is 16.7 Å². The Hall–Kier alpha value is -3.25. The number of carbonyl (C=O) groups is 1. The van der Waals surface area contributed by atoms with Gasteiger partial charge in [0.2, 0.25) is 17.7 Å². The molecule has 2 aromatic carbocycles. The number of aromatic nitrogens is 2. The average Bonchev–Trinajstić information content (AvgIpc) is 3.45. The number of nitrogens with zero attached hydrogens (tertiary/aromatic N) is 2. The van der Waals surface area contributed by atoms with Crippen molar-refractivity contribution in [1.82, 2.24) is 15.5 Å². The van der Waals surface area contributed by atoms with E-state index in [1.165, 1.54) is 0 Å². The summed E-state index contributed by atoms with van der Waals surface area (Å²) in [7, 11) is 0. The molecule has 0 fully saturated rings. The molecular weight excluding hydrogens is 382 g/mol. The summed E-state index contributed by atoms with van der Waals surface area (Å²) in [6.45, 7) is 2.02. The van der Waals surface area contributed by atoms with Gasteiger partial charge in [0.25, 0.3) is 0 Å². The monoisotopic (exact) mass is 403 g/mol. The van der Waals surface area contributed by atoms with Gasteiger partial charge in [-0.2, -0.15) is 11.3 Å². The van der Waals surface area contributed by atoms with E-state index in [9.17, 15) is 4.79 Å². The van der Waals surface area contributed by atoms with Crippen molar-refractivity contribution in [1.29, 1.82) is 0 Å². The molecule has 2 heterocycles. The molecule has 0 aliphatic carbocycles. The lowest BCUT2D eigenvalue weighted by atomic mass is 9.84. The average molecular weight is 404 g/mol. The van der Waals surface area contributed by atoms with Gasteiger partial charge in [-0.3, -0.25) is 4.79 Å². The maximum absolute atomic E-state index is 12.8.